The Kier molecular flexibility index (Phi) is 5.52. The predicted molar refractivity (Wildman–Crippen MR) is 114 cm³/mol. The molecular weight excluding hydrogens is 370 g/mol. The molecule has 1 N–H and O–H groups in total. The van der Waals surface area contributed by atoms with Gasteiger partial charge >= 0.3 is 6.03 Å². The van der Waals surface area contributed by atoms with E-state index in [0.717, 1.165) is 53.4 Å². The van der Waals surface area contributed by atoms with Crippen LogP contribution in [0.4, 0.5) is 10.5 Å². The first-order valence-corrected chi connectivity index (χ1v) is 10.9. The molecule has 1 fully saturated rings. The van der Waals surface area contributed by atoms with Crippen LogP contribution in [0.25, 0.3) is 11.2 Å². The minimum Gasteiger partial charge on any atom is -0.322 e. The van der Waals surface area contributed by atoms with E-state index in [1.54, 1.807) is 11.8 Å². The van der Waals surface area contributed by atoms with Gasteiger partial charge in [-0.1, -0.05) is 13.0 Å². The number of carbonyl (C=O) groups is 1. The van der Waals surface area contributed by atoms with Crippen LogP contribution in [-0.4, -0.2) is 44.8 Å². The van der Waals surface area contributed by atoms with Crippen molar-refractivity contribution in [2.45, 2.75) is 37.1 Å². The van der Waals surface area contributed by atoms with Crippen LogP contribution < -0.4 is 5.32 Å². The summed E-state index contributed by atoms with van der Waals surface area (Å²) in [6.45, 7) is 3.57. The van der Waals surface area contributed by atoms with Crippen LogP contribution in [-0.2, 0) is 6.42 Å². The number of thioether (sulfide) groups is 1. The zero-order valence-corrected chi connectivity index (χ0v) is 17.1. The van der Waals surface area contributed by atoms with E-state index >= 15 is 0 Å². The maximum Gasteiger partial charge on any atom is 0.321 e. The van der Waals surface area contributed by atoms with E-state index in [9.17, 15) is 4.79 Å². The van der Waals surface area contributed by atoms with Gasteiger partial charge in [0.05, 0.1) is 6.04 Å². The van der Waals surface area contributed by atoms with Crippen LogP contribution in [0.1, 0.15) is 31.6 Å². The van der Waals surface area contributed by atoms with Crippen LogP contribution in [0.15, 0.2) is 47.5 Å². The van der Waals surface area contributed by atoms with Gasteiger partial charge in [0, 0.05) is 36.3 Å². The molecule has 0 spiro atoms. The van der Waals surface area contributed by atoms with E-state index in [2.05, 4.69) is 21.8 Å². The molecule has 28 heavy (non-hydrogen) atoms. The number of imidazole rings is 1. The van der Waals surface area contributed by atoms with Gasteiger partial charge in [-0.3, -0.25) is 0 Å². The second-order valence-electron chi connectivity index (χ2n) is 7.04. The summed E-state index contributed by atoms with van der Waals surface area (Å²) in [6, 6.07) is 12.0. The first kappa shape index (κ1) is 18.8. The number of benzene rings is 1. The molecule has 0 aliphatic carbocycles. The zero-order valence-electron chi connectivity index (χ0n) is 16.3. The van der Waals surface area contributed by atoms with Crippen molar-refractivity contribution in [1.82, 2.24) is 19.4 Å². The van der Waals surface area contributed by atoms with E-state index in [0.29, 0.717) is 6.54 Å². The smallest absolute Gasteiger partial charge is 0.321 e. The number of hydrogen-bond donors (Lipinski definition) is 1. The minimum atomic E-state index is -0.0461. The molecule has 1 aromatic carbocycles. The number of anilines is 1. The summed E-state index contributed by atoms with van der Waals surface area (Å²) >= 11 is 1.67. The number of urea groups is 1. The van der Waals surface area contributed by atoms with Crippen LogP contribution >= 0.6 is 11.8 Å². The molecule has 0 bridgehead atoms. The highest BCUT2D eigenvalue weighted by atomic mass is 32.2. The average molecular weight is 396 g/mol. The van der Waals surface area contributed by atoms with E-state index in [1.807, 2.05) is 53.8 Å². The summed E-state index contributed by atoms with van der Waals surface area (Å²) < 4.78 is 2.25. The van der Waals surface area contributed by atoms with Crippen LogP contribution in [0.3, 0.4) is 0 Å². The number of fused-ring (bicyclic) bond motifs is 1. The van der Waals surface area contributed by atoms with E-state index in [4.69, 9.17) is 4.98 Å². The van der Waals surface area contributed by atoms with Gasteiger partial charge in [-0.25, -0.2) is 14.8 Å². The molecule has 1 atom stereocenters. The van der Waals surface area contributed by atoms with Crippen LogP contribution in [0, 0.1) is 0 Å². The van der Waals surface area contributed by atoms with Crippen molar-refractivity contribution in [1.29, 1.82) is 0 Å². The molecule has 7 heteroatoms. The summed E-state index contributed by atoms with van der Waals surface area (Å²) in [6.07, 6.45) is 6.71. The number of nitrogens with one attached hydrogen (secondary N) is 1. The topological polar surface area (TPSA) is 63.1 Å². The minimum absolute atomic E-state index is 0.0461. The molecule has 1 saturated heterocycles. The van der Waals surface area contributed by atoms with Crippen molar-refractivity contribution in [3.05, 3.63) is 48.4 Å². The third-order valence-corrected chi connectivity index (χ3v) is 5.86. The van der Waals surface area contributed by atoms with Crippen LogP contribution in [0.2, 0.25) is 0 Å². The molecule has 1 aliphatic heterocycles. The van der Waals surface area contributed by atoms with Gasteiger partial charge in [0.2, 0.25) is 0 Å². The van der Waals surface area contributed by atoms with Gasteiger partial charge in [-0.15, -0.1) is 11.8 Å². The molecule has 2 amide bonds. The zero-order chi connectivity index (χ0) is 19.5. The fourth-order valence-corrected chi connectivity index (χ4v) is 4.26. The number of carbonyl (C=O) groups excluding carboxylic acids is 1. The Labute approximate surface area is 169 Å². The first-order valence-electron chi connectivity index (χ1n) is 9.71. The second-order valence-corrected chi connectivity index (χ2v) is 7.92. The first-order chi connectivity index (χ1) is 13.7. The van der Waals surface area contributed by atoms with Crippen molar-refractivity contribution in [2.75, 3.05) is 24.7 Å². The summed E-state index contributed by atoms with van der Waals surface area (Å²) in [5, 5.41) is 3.03. The second kappa shape index (κ2) is 8.22. The lowest BCUT2D eigenvalue weighted by Gasteiger charge is -2.19. The van der Waals surface area contributed by atoms with E-state index < -0.39 is 0 Å². The monoisotopic (exact) mass is 395 g/mol. The molecule has 3 aromatic rings. The molecule has 4 rings (SSSR count). The summed E-state index contributed by atoms with van der Waals surface area (Å²) in [5.41, 5.74) is 2.69. The van der Waals surface area contributed by atoms with Gasteiger partial charge in [-0.05, 0) is 49.4 Å². The highest BCUT2D eigenvalue weighted by molar-refractivity contribution is 7.98. The SMILES string of the molecule is CCCc1nc2cccnc2n1[C@H]1CCN(C(=O)Nc2cccc(SC)c2)C1. The number of pyridine rings is 1. The van der Waals surface area contributed by atoms with Crippen LogP contribution in [0.5, 0.6) is 0 Å². The van der Waals surface area contributed by atoms with Crippen molar-refractivity contribution < 1.29 is 4.79 Å². The lowest BCUT2D eigenvalue weighted by atomic mass is 10.2. The highest BCUT2D eigenvalue weighted by Crippen LogP contribution is 2.28. The van der Waals surface area contributed by atoms with Gasteiger partial charge in [0.15, 0.2) is 5.65 Å². The van der Waals surface area contributed by atoms with Crippen molar-refractivity contribution >= 4 is 34.6 Å². The third kappa shape index (κ3) is 3.71. The number of aryl methyl sites for hydroxylation is 1. The van der Waals surface area contributed by atoms with Crippen molar-refractivity contribution in [2.24, 2.45) is 0 Å². The molecule has 6 nitrogen and oxygen atoms in total. The summed E-state index contributed by atoms with van der Waals surface area (Å²) in [4.78, 5) is 25.1. The predicted octanol–water partition coefficient (Wildman–Crippen LogP) is 4.58. The summed E-state index contributed by atoms with van der Waals surface area (Å²) in [7, 11) is 0. The molecular formula is C21H25N5OS. The van der Waals surface area contributed by atoms with E-state index in [-0.39, 0.29) is 12.1 Å². The van der Waals surface area contributed by atoms with Gasteiger partial charge in [-0.2, -0.15) is 0 Å². The molecule has 0 radical (unpaired) electrons. The maximum atomic E-state index is 12.8. The number of nitrogens with zero attached hydrogens (tertiary/aromatic N) is 4. The number of hydrogen-bond acceptors (Lipinski definition) is 4. The highest BCUT2D eigenvalue weighted by Gasteiger charge is 2.30. The van der Waals surface area contributed by atoms with Gasteiger partial charge < -0.3 is 14.8 Å². The Morgan fingerprint density at radius 1 is 1.32 bits per heavy atom. The van der Waals surface area contributed by atoms with Gasteiger partial charge in [0.25, 0.3) is 0 Å². The number of aromatic nitrogens is 3. The Hall–Kier alpha value is -2.54. The fraction of sp³-hybridized carbons (Fsp3) is 0.381. The Morgan fingerprint density at radius 3 is 3.04 bits per heavy atom. The van der Waals surface area contributed by atoms with Crippen molar-refractivity contribution in [3.63, 3.8) is 0 Å². The standard InChI is InChI=1S/C21H25N5OS/c1-3-6-19-24-18-9-5-11-22-20(18)26(19)16-10-12-25(14-16)21(27)23-15-7-4-8-17(13-15)28-2/h4-5,7-9,11,13,16H,3,6,10,12,14H2,1-2H3,(H,23,27)/t16-/m0/s1. The largest absolute Gasteiger partial charge is 0.322 e. The van der Waals surface area contributed by atoms with E-state index in [1.165, 1.54) is 0 Å². The lowest BCUT2D eigenvalue weighted by Crippen LogP contribution is -2.33. The number of rotatable bonds is 5. The molecule has 146 valence electrons. The number of likely N-dealkylation sites (tertiary alicyclic amines) is 1. The Balaban J connectivity index is 1.51. The Bertz CT molecular complexity index is 986. The third-order valence-electron chi connectivity index (χ3n) is 5.13. The molecule has 0 saturated carbocycles. The number of amides is 2. The lowest BCUT2D eigenvalue weighted by molar-refractivity contribution is 0.221. The molecule has 3 heterocycles. The molecule has 1 aliphatic rings. The fourth-order valence-electron chi connectivity index (χ4n) is 3.80. The normalized spacial score (nSPS) is 16.6. The average Bonchev–Trinajstić information content (AvgIpc) is 3.32. The van der Waals surface area contributed by atoms with Crippen molar-refractivity contribution in [3.8, 4) is 0 Å². The molecule has 0 unspecified atom stereocenters. The van der Waals surface area contributed by atoms with Gasteiger partial charge in [0.1, 0.15) is 11.3 Å². The molecule has 2 aromatic heterocycles. The summed E-state index contributed by atoms with van der Waals surface area (Å²) in [5.74, 6) is 1.07. The Morgan fingerprint density at radius 2 is 2.21 bits per heavy atom. The maximum absolute atomic E-state index is 12.8. The quantitative estimate of drug-likeness (QED) is 0.642.